The second-order valence-corrected chi connectivity index (χ2v) is 6.20. The number of ether oxygens (including phenoxy) is 1. The van der Waals surface area contributed by atoms with Gasteiger partial charge in [0.25, 0.3) is 0 Å². The van der Waals surface area contributed by atoms with Gasteiger partial charge in [0, 0.05) is 25.7 Å². The Hall–Kier alpha value is 0.150. The van der Waals surface area contributed by atoms with Crippen LogP contribution in [0, 0.1) is 0 Å². The maximum absolute atomic E-state index is 11.7. The fourth-order valence-corrected chi connectivity index (χ4v) is 2.68. The van der Waals surface area contributed by atoms with Crippen LogP contribution in [0.15, 0.2) is 0 Å². The standard InChI is InChI=1S/C8H17INO5P/c1-10-8(11)15-7(6-9)4-5-16(12,13-2)14-3/h7H,4-6H2,1-3H3,(H,10,11). The quantitative estimate of drug-likeness (QED) is 0.425. The average Bonchev–Trinajstić information content (AvgIpc) is 2.33. The highest BCUT2D eigenvalue weighted by atomic mass is 127. The zero-order chi connectivity index (χ0) is 12.6. The molecule has 0 spiro atoms. The third kappa shape index (κ3) is 6.03. The lowest BCUT2D eigenvalue weighted by Crippen LogP contribution is -2.27. The summed E-state index contributed by atoms with van der Waals surface area (Å²) in [7, 11) is 1.15. The van der Waals surface area contributed by atoms with Crippen molar-refractivity contribution in [3.8, 4) is 0 Å². The fraction of sp³-hybridized carbons (Fsp3) is 0.875. The van der Waals surface area contributed by atoms with Crippen molar-refractivity contribution in [2.75, 3.05) is 31.9 Å². The molecule has 1 unspecified atom stereocenters. The molecule has 0 aliphatic rings. The summed E-state index contributed by atoms with van der Waals surface area (Å²) in [4.78, 5) is 11.0. The van der Waals surface area contributed by atoms with Crippen molar-refractivity contribution in [3.63, 3.8) is 0 Å². The van der Waals surface area contributed by atoms with Crippen LogP contribution < -0.4 is 5.32 Å². The molecule has 0 saturated carbocycles. The van der Waals surface area contributed by atoms with Gasteiger partial charge in [-0.15, -0.1) is 0 Å². The van der Waals surface area contributed by atoms with Gasteiger partial charge in [0.2, 0.25) is 0 Å². The minimum Gasteiger partial charge on any atom is -0.445 e. The van der Waals surface area contributed by atoms with Gasteiger partial charge < -0.3 is 19.1 Å². The summed E-state index contributed by atoms with van der Waals surface area (Å²) in [6, 6.07) is 0. The minimum atomic E-state index is -3.02. The van der Waals surface area contributed by atoms with E-state index in [0.717, 1.165) is 0 Å². The molecule has 16 heavy (non-hydrogen) atoms. The van der Waals surface area contributed by atoms with Crippen molar-refractivity contribution in [1.82, 2.24) is 5.32 Å². The minimum absolute atomic E-state index is 0.227. The molecule has 0 fully saturated rings. The zero-order valence-corrected chi connectivity index (χ0v) is 12.6. The summed E-state index contributed by atoms with van der Waals surface area (Å²) in [5.74, 6) is 0. The maximum Gasteiger partial charge on any atom is 0.407 e. The maximum atomic E-state index is 11.7. The first-order valence-corrected chi connectivity index (χ1v) is 7.91. The van der Waals surface area contributed by atoms with E-state index in [0.29, 0.717) is 10.8 Å². The number of amides is 1. The summed E-state index contributed by atoms with van der Waals surface area (Å²) < 4.78 is 27.0. The van der Waals surface area contributed by atoms with Crippen molar-refractivity contribution in [1.29, 1.82) is 0 Å². The smallest absolute Gasteiger partial charge is 0.407 e. The third-order valence-electron chi connectivity index (χ3n) is 1.93. The molecule has 0 aromatic heterocycles. The highest BCUT2D eigenvalue weighted by molar-refractivity contribution is 14.1. The van der Waals surface area contributed by atoms with Gasteiger partial charge in [-0.1, -0.05) is 22.6 Å². The summed E-state index contributed by atoms with van der Waals surface area (Å²) >= 11 is 2.10. The first kappa shape index (κ1) is 16.1. The molecule has 0 heterocycles. The highest BCUT2D eigenvalue weighted by Gasteiger charge is 2.24. The largest absolute Gasteiger partial charge is 0.445 e. The Morgan fingerprint density at radius 1 is 1.44 bits per heavy atom. The number of carbonyl (C=O) groups is 1. The molecular formula is C8H17INO5P. The Labute approximate surface area is 109 Å². The molecule has 0 saturated heterocycles. The van der Waals surface area contributed by atoms with E-state index in [-0.39, 0.29) is 12.3 Å². The third-order valence-corrected chi connectivity index (χ3v) is 4.83. The molecule has 1 N–H and O–H groups in total. The van der Waals surface area contributed by atoms with Crippen LogP contribution in [0.1, 0.15) is 6.42 Å². The number of alkyl halides is 1. The molecule has 0 bridgehead atoms. The Kier molecular flexibility index (Phi) is 8.35. The molecule has 0 aliphatic heterocycles. The molecule has 0 aromatic carbocycles. The van der Waals surface area contributed by atoms with E-state index >= 15 is 0 Å². The molecular weight excluding hydrogens is 348 g/mol. The van der Waals surface area contributed by atoms with Crippen LogP contribution in [0.3, 0.4) is 0 Å². The van der Waals surface area contributed by atoms with Gasteiger partial charge in [-0.2, -0.15) is 0 Å². The fourth-order valence-electron chi connectivity index (χ4n) is 0.937. The van der Waals surface area contributed by atoms with Crippen LogP contribution in [0.4, 0.5) is 4.79 Å². The molecule has 0 aliphatic carbocycles. The predicted octanol–water partition coefficient (Wildman–Crippen LogP) is 2.02. The molecule has 0 rings (SSSR count). The first-order valence-electron chi connectivity index (χ1n) is 4.66. The van der Waals surface area contributed by atoms with Crippen molar-refractivity contribution >= 4 is 36.3 Å². The van der Waals surface area contributed by atoms with Crippen molar-refractivity contribution in [2.24, 2.45) is 0 Å². The molecule has 8 heteroatoms. The number of hydrogen-bond donors (Lipinski definition) is 1. The monoisotopic (exact) mass is 365 g/mol. The van der Waals surface area contributed by atoms with Crippen LogP contribution in [0.2, 0.25) is 0 Å². The number of hydrogen-bond acceptors (Lipinski definition) is 5. The van der Waals surface area contributed by atoms with Crippen molar-refractivity contribution in [3.05, 3.63) is 0 Å². The topological polar surface area (TPSA) is 73.9 Å². The van der Waals surface area contributed by atoms with Crippen molar-refractivity contribution in [2.45, 2.75) is 12.5 Å². The van der Waals surface area contributed by atoms with Gasteiger partial charge >= 0.3 is 13.7 Å². The molecule has 1 atom stereocenters. The molecule has 1 amide bonds. The van der Waals surface area contributed by atoms with Crippen LogP contribution in [0.25, 0.3) is 0 Å². The van der Waals surface area contributed by atoms with E-state index < -0.39 is 13.7 Å². The van der Waals surface area contributed by atoms with Crippen LogP contribution in [-0.2, 0) is 18.3 Å². The molecule has 0 radical (unpaired) electrons. The number of rotatable bonds is 7. The second-order valence-electron chi connectivity index (χ2n) is 2.92. The Morgan fingerprint density at radius 2 is 2.00 bits per heavy atom. The SMILES string of the molecule is CNC(=O)OC(CI)CCP(=O)(OC)OC. The van der Waals surface area contributed by atoms with Gasteiger partial charge in [-0.25, -0.2) is 4.79 Å². The highest BCUT2D eigenvalue weighted by Crippen LogP contribution is 2.47. The normalized spacial score (nSPS) is 13.2. The van der Waals surface area contributed by atoms with E-state index in [1.54, 1.807) is 0 Å². The Morgan fingerprint density at radius 3 is 2.38 bits per heavy atom. The van der Waals surface area contributed by atoms with Gasteiger partial charge in [-0.05, 0) is 6.42 Å². The Bertz CT molecular complexity index is 255. The van der Waals surface area contributed by atoms with Gasteiger partial charge in [0.1, 0.15) is 6.10 Å². The van der Waals surface area contributed by atoms with Crippen LogP contribution >= 0.6 is 30.2 Å². The van der Waals surface area contributed by atoms with E-state index in [1.165, 1.54) is 21.3 Å². The number of alkyl carbamates (subject to hydrolysis) is 1. The van der Waals surface area contributed by atoms with Crippen LogP contribution in [0.5, 0.6) is 0 Å². The summed E-state index contributed by atoms with van der Waals surface area (Å²) in [6.07, 6.45) is -0.120. The molecule has 96 valence electrons. The zero-order valence-electron chi connectivity index (χ0n) is 9.57. The summed E-state index contributed by atoms with van der Waals surface area (Å²) in [6.45, 7) is 0. The lowest BCUT2D eigenvalue weighted by atomic mass is 10.3. The second kappa shape index (κ2) is 8.27. The summed E-state index contributed by atoms with van der Waals surface area (Å²) in [5, 5.41) is 2.36. The Balaban J connectivity index is 4.14. The molecule has 6 nitrogen and oxygen atoms in total. The lowest BCUT2D eigenvalue weighted by molar-refractivity contribution is 0.109. The van der Waals surface area contributed by atoms with E-state index in [4.69, 9.17) is 13.8 Å². The average molecular weight is 365 g/mol. The molecule has 0 aromatic rings. The lowest BCUT2D eigenvalue weighted by Gasteiger charge is -2.18. The van der Waals surface area contributed by atoms with E-state index in [1.807, 2.05) is 0 Å². The van der Waals surface area contributed by atoms with Crippen LogP contribution in [-0.4, -0.2) is 44.1 Å². The van der Waals surface area contributed by atoms with Gasteiger partial charge in [-0.3, -0.25) is 4.57 Å². The van der Waals surface area contributed by atoms with E-state index in [2.05, 4.69) is 27.9 Å². The number of carbonyl (C=O) groups excluding carboxylic acids is 1. The predicted molar refractivity (Wildman–Crippen MR) is 69.3 cm³/mol. The first-order chi connectivity index (χ1) is 7.51. The van der Waals surface area contributed by atoms with Crippen molar-refractivity contribution < 1.29 is 23.1 Å². The van der Waals surface area contributed by atoms with E-state index in [9.17, 15) is 9.36 Å². The van der Waals surface area contributed by atoms with Gasteiger partial charge in [0.05, 0.1) is 6.16 Å². The number of nitrogens with one attached hydrogen (secondary N) is 1. The van der Waals surface area contributed by atoms with Gasteiger partial charge in [0.15, 0.2) is 0 Å². The summed E-state index contributed by atoms with van der Waals surface area (Å²) in [5.41, 5.74) is 0. The number of halogens is 1.